The number of carbonyl (C=O) groups is 1. The fourth-order valence-electron chi connectivity index (χ4n) is 2.15. The lowest BCUT2D eigenvalue weighted by Crippen LogP contribution is -2.18. The van der Waals surface area contributed by atoms with Crippen molar-refractivity contribution in [2.24, 2.45) is 0 Å². The van der Waals surface area contributed by atoms with Crippen LogP contribution in [0.25, 0.3) is 11.3 Å². The first-order valence-electron chi connectivity index (χ1n) is 7.16. The topological polar surface area (TPSA) is 112 Å². The Morgan fingerprint density at radius 2 is 2.04 bits per heavy atom. The Balaban J connectivity index is 2.43. The summed E-state index contributed by atoms with van der Waals surface area (Å²) in [5, 5.41) is 11.1. The molecule has 2 rings (SSSR count). The fourth-order valence-corrected chi connectivity index (χ4v) is 3.49. The predicted molar refractivity (Wildman–Crippen MR) is 100 cm³/mol. The van der Waals surface area contributed by atoms with Crippen LogP contribution in [-0.2, 0) is 16.1 Å². The van der Waals surface area contributed by atoms with Crippen molar-refractivity contribution < 1.29 is 27.8 Å². The van der Waals surface area contributed by atoms with Gasteiger partial charge in [0.25, 0.3) is 0 Å². The molecule has 0 bridgehead atoms. The number of rotatable bonds is 7. The predicted octanol–water partition coefficient (Wildman–Crippen LogP) is 4.09. The van der Waals surface area contributed by atoms with Crippen molar-refractivity contribution >= 4 is 56.4 Å². The second-order valence-electron chi connectivity index (χ2n) is 5.11. The van der Waals surface area contributed by atoms with Crippen molar-refractivity contribution in [3.05, 3.63) is 34.0 Å². The van der Waals surface area contributed by atoms with Crippen molar-refractivity contribution in [1.82, 2.24) is 4.72 Å². The maximum atomic E-state index is 11.4. The van der Waals surface area contributed by atoms with E-state index in [9.17, 15) is 18.7 Å². The number of hydrogen-bond acceptors (Lipinski definition) is 6. The van der Waals surface area contributed by atoms with Gasteiger partial charge in [0.15, 0.2) is 11.5 Å². The van der Waals surface area contributed by atoms with Crippen LogP contribution in [0.3, 0.4) is 0 Å². The molecule has 1 heterocycles. The summed E-state index contributed by atoms with van der Waals surface area (Å²) in [6.45, 7) is 1.28. The van der Waals surface area contributed by atoms with Gasteiger partial charge in [0, 0.05) is 40.3 Å². The molecule has 2 atom stereocenters. The van der Waals surface area contributed by atoms with Crippen molar-refractivity contribution in [3.8, 4) is 22.8 Å². The zero-order valence-electron chi connectivity index (χ0n) is 13.3. The number of ether oxygens (including phenoxy) is 1. The van der Waals surface area contributed by atoms with Crippen molar-refractivity contribution in [2.75, 3.05) is 6.54 Å². The highest BCUT2D eigenvalue weighted by molar-refractivity contribution is 9.09. The third kappa shape index (κ3) is 5.45. The zero-order chi connectivity index (χ0) is 19.4. The lowest BCUT2D eigenvalue weighted by atomic mass is 10.1. The van der Waals surface area contributed by atoms with Crippen LogP contribution >= 0.6 is 39.1 Å². The highest BCUT2D eigenvalue weighted by Crippen LogP contribution is 2.48. The second kappa shape index (κ2) is 9.20. The van der Waals surface area contributed by atoms with Gasteiger partial charge in [0.2, 0.25) is 11.5 Å². The molecule has 1 aromatic heterocycles. The summed E-state index contributed by atoms with van der Waals surface area (Å²) in [7, 11) is 0. The summed E-state index contributed by atoms with van der Waals surface area (Å²) >= 11 is 12.9. The van der Waals surface area contributed by atoms with E-state index in [1.54, 1.807) is 0 Å². The van der Waals surface area contributed by atoms with E-state index in [0.717, 1.165) is 0 Å². The lowest BCUT2D eigenvalue weighted by molar-refractivity contribution is -0.132. The van der Waals surface area contributed by atoms with Crippen LogP contribution in [-0.4, -0.2) is 26.4 Å². The van der Waals surface area contributed by atoms with Gasteiger partial charge in [-0.15, -0.1) is 0 Å². The number of esters is 1. The summed E-state index contributed by atoms with van der Waals surface area (Å²) in [4.78, 5) is 10.8. The highest BCUT2D eigenvalue weighted by atomic mass is 79.9. The molecule has 0 spiro atoms. The van der Waals surface area contributed by atoms with E-state index in [2.05, 4.69) is 20.7 Å². The standard InChI is InChI=1S/C15H14BrCl2NO6S/c1-7(20)24-15-12(21)13(8-4-9(17)6-10(18)5-8)25-14(15)11(16)2-3-19-26(22)23/h4-6,11,19,21H,2-3H2,1H3,(H,22,23)/p-1. The van der Waals surface area contributed by atoms with Gasteiger partial charge in [0.05, 0.1) is 4.83 Å². The van der Waals surface area contributed by atoms with Crippen LogP contribution in [0.1, 0.15) is 23.9 Å². The number of halogens is 3. The van der Waals surface area contributed by atoms with Gasteiger partial charge in [-0.1, -0.05) is 39.1 Å². The Morgan fingerprint density at radius 1 is 1.42 bits per heavy atom. The first-order valence-corrected chi connectivity index (χ1v) is 9.91. The van der Waals surface area contributed by atoms with Gasteiger partial charge < -0.3 is 18.8 Å². The molecule has 0 saturated carbocycles. The molecule has 0 radical (unpaired) electrons. The maximum absolute atomic E-state index is 11.4. The molecule has 7 nitrogen and oxygen atoms in total. The second-order valence-corrected chi connectivity index (χ2v) is 7.85. The summed E-state index contributed by atoms with van der Waals surface area (Å²) in [5.74, 6) is -1.06. The molecule has 142 valence electrons. The van der Waals surface area contributed by atoms with Crippen molar-refractivity contribution in [1.29, 1.82) is 0 Å². The molecule has 0 aliphatic carbocycles. The Kier molecular flexibility index (Phi) is 7.51. The first kappa shape index (κ1) is 21.2. The molecular formula is C15H13BrCl2NO6S-. The zero-order valence-corrected chi connectivity index (χ0v) is 17.2. The minimum Gasteiger partial charge on any atom is -0.760 e. The number of alkyl halides is 1. The first-order chi connectivity index (χ1) is 12.2. The van der Waals surface area contributed by atoms with Gasteiger partial charge in [0.1, 0.15) is 0 Å². The molecule has 0 amide bonds. The molecule has 0 fully saturated rings. The van der Waals surface area contributed by atoms with E-state index in [0.29, 0.717) is 15.6 Å². The summed E-state index contributed by atoms with van der Waals surface area (Å²) < 4.78 is 34.1. The summed E-state index contributed by atoms with van der Waals surface area (Å²) in [5.41, 5.74) is 0.387. The van der Waals surface area contributed by atoms with Crippen LogP contribution in [0.5, 0.6) is 11.5 Å². The number of aromatic hydroxyl groups is 1. The van der Waals surface area contributed by atoms with Crippen LogP contribution < -0.4 is 9.46 Å². The monoisotopic (exact) mass is 484 g/mol. The highest BCUT2D eigenvalue weighted by Gasteiger charge is 2.28. The minimum atomic E-state index is -2.40. The van der Waals surface area contributed by atoms with Crippen molar-refractivity contribution in [3.63, 3.8) is 0 Å². The van der Waals surface area contributed by atoms with Crippen molar-refractivity contribution in [2.45, 2.75) is 18.2 Å². The van der Waals surface area contributed by atoms with E-state index in [-0.39, 0.29) is 30.2 Å². The average molecular weight is 486 g/mol. The van der Waals surface area contributed by atoms with Gasteiger partial charge in [-0.3, -0.25) is 9.00 Å². The molecule has 0 saturated heterocycles. The van der Waals surface area contributed by atoms with Crippen LogP contribution in [0.15, 0.2) is 22.6 Å². The fraction of sp³-hybridized carbons (Fsp3) is 0.267. The molecule has 2 unspecified atom stereocenters. The molecule has 1 aromatic carbocycles. The van der Waals surface area contributed by atoms with Crippen LogP contribution in [0.2, 0.25) is 10.0 Å². The smallest absolute Gasteiger partial charge is 0.308 e. The molecule has 0 aliphatic heterocycles. The molecular weight excluding hydrogens is 473 g/mol. The van der Waals surface area contributed by atoms with E-state index in [1.807, 2.05) is 0 Å². The number of carbonyl (C=O) groups excluding carboxylic acids is 1. The number of nitrogens with one attached hydrogen (secondary N) is 1. The van der Waals surface area contributed by atoms with E-state index >= 15 is 0 Å². The Hall–Kier alpha value is -1.10. The molecule has 2 N–H and O–H groups in total. The van der Waals surface area contributed by atoms with Crippen LogP contribution in [0, 0.1) is 0 Å². The Morgan fingerprint density at radius 3 is 2.58 bits per heavy atom. The molecule has 26 heavy (non-hydrogen) atoms. The molecule has 0 aliphatic rings. The molecule has 2 aromatic rings. The number of furan rings is 1. The largest absolute Gasteiger partial charge is 0.760 e. The molecule has 11 heteroatoms. The van der Waals surface area contributed by atoms with Gasteiger partial charge in [-0.25, -0.2) is 4.72 Å². The van der Waals surface area contributed by atoms with Gasteiger partial charge >= 0.3 is 5.97 Å². The van der Waals surface area contributed by atoms with E-state index in [1.165, 1.54) is 25.1 Å². The van der Waals surface area contributed by atoms with E-state index in [4.69, 9.17) is 32.4 Å². The van der Waals surface area contributed by atoms with Gasteiger partial charge in [-0.2, -0.15) is 0 Å². The Labute approximate surface area is 170 Å². The normalized spacial score (nSPS) is 13.4. The van der Waals surface area contributed by atoms with E-state index < -0.39 is 27.8 Å². The maximum Gasteiger partial charge on any atom is 0.308 e. The number of benzene rings is 1. The third-order valence-corrected chi connectivity index (χ3v) is 4.89. The van der Waals surface area contributed by atoms with Crippen LogP contribution in [0.4, 0.5) is 0 Å². The Bertz CT molecular complexity index is 824. The summed E-state index contributed by atoms with van der Waals surface area (Å²) in [6.07, 6.45) is 0.269. The number of hydrogen-bond donors (Lipinski definition) is 2. The van der Waals surface area contributed by atoms with Gasteiger partial charge in [-0.05, 0) is 24.6 Å². The minimum absolute atomic E-state index is 0.0189. The lowest BCUT2D eigenvalue weighted by Gasteiger charge is -2.11. The quantitative estimate of drug-likeness (QED) is 0.347. The summed E-state index contributed by atoms with van der Waals surface area (Å²) in [6, 6.07) is 4.57. The third-order valence-electron chi connectivity index (χ3n) is 3.14. The SMILES string of the molecule is CC(=O)Oc1c(C(Br)CCNS(=O)[O-])oc(-c2cc(Cl)cc(Cl)c2)c1O. The average Bonchev–Trinajstić information content (AvgIpc) is 2.82.